The van der Waals surface area contributed by atoms with E-state index in [-0.39, 0.29) is 18.4 Å². The minimum atomic E-state index is -0.227. The van der Waals surface area contributed by atoms with Gasteiger partial charge in [-0.05, 0) is 55.5 Å². The lowest BCUT2D eigenvalue weighted by molar-refractivity contribution is -0.124. The summed E-state index contributed by atoms with van der Waals surface area (Å²) in [6, 6.07) is 9.71. The Labute approximate surface area is 154 Å². The zero-order valence-corrected chi connectivity index (χ0v) is 15.6. The highest BCUT2D eigenvalue weighted by Crippen LogP contribution is 2.47. The van der Waals surface area contributed by atoms with Gasteiger partial charge in [0.15, 0.2) is 0 Å². The normalized spacial score (nSPS) is 18.4. The van der Waals surface area contributed by atoms with Crippen molar-refractivity contribution in [2.24, 2.45) is 5.92 Å². The van der Waals surface area contributed by atoms with Gasteiger partial charge in [-0.15, -0.1) is 0 Å². The van der Waals surface area contributed by atoms with Crippen LogP contribution < -0.4 is 10.6 Å². The first-order valence-electron chi connectivity index (χ1n) is 9.15. The Bertz CT molecular complexity index is 809. The van der Waals surface area contributed by atoms with Crippen molar-refractivity contribution in [1.29, 1.82) is 0 Å². The summed E-state index contributed by atoms with van der Waals surface area (Å²) in [5.74, 6) is 2.73. The highest BCUT2D eigenvalue weighted by atomic mass is 16.3. The van der Waals surface area contributed by atoms with E-state index in [4.69, 9.17) is 4.42 Å². The highest BCUT2D eigenvalue weighted by Gasteiger charge is 2.36. The molecule has 5 heteroatoms. The second-order valence-electron chi connectivity index (χ2n) is 7.20. The van der Waals surface area contributed by atoms with E-state index >= 15 is 0 Å². The Morgan fingerprint density at radius 1 is 1.15 bits per heavy atom. The summed E-state index contributed by atoms with van der Waals surface area (Å²) in [6.07, 6.45) is 2.04. The fourth-order valence-electron chi connectivity index (χ4n) is 3.03. The third-order valence-corrected chi connectivity index (χ3v) is 5.08. The molecule has 0 saturated heterocycles. The van der Waals surface area contributed by atoms with Crippen molar-refractivity contribution in [3.63, 3.8) is 0 Å². The maximum atomic E-state index is 12.0. The molecule has 1 heterocycles. The van der Waals surface area contributed by atoms with Crippen LogP contribution in [0.1, 0.15) is 48.3 Å². The van der Waals surface area contributed by atoms with E-state index < -0.39 is 0 Å². The molecule has 2 N–H and O–H groups in total. The minimum Gasteiger partial charge on any atom is -0.466 e. The lowest BCUT2D eigenvalue weighted by Gasteiger charge is -2.10. The van der Waals surface area contributed by atoms with E-state index in [1.807, 2.05) is 44.2 Å². The number of hydrogen-bond acceptors (Lipinski definition) is 3. The molecule has 26 heavy (non-hydrogen) atoms. The van der Waals surface area contributed by atoms with Crippen molar-refractivity contribution in [1.82, 2.24) is 5.32 Å². The average Bonchev–Trinajstić information content (AvgIpc) is 3.16. The van der Waals surface area contributed by atoms with Gasteiger partial charge in [-0.25, -0.2) is 0 Å². The molecule has 1 aliphatic carbocycles. The Morgan fingerprint density at radius 2 is 1.92 bits per heavy atom. The van der Waals surface area contributed by atoms with E-state index in [1.54, 1.807) is 0 Å². The van der Waals surface area contributed by atoms with Gasteiger partial charge < -0.3 is 15.1 Å². The van der Waals surface area contributed by atoms with Gasteiger partial charge in [-0.3, -0.25) is 9.59 Å². The molecule has 1 aliphatic rings. The standard InChI is InChI=1S/C21H26N2O3/c1-13-5-4-6-18(15(13)3)23-21(25)12-22-20(24)10-8-16-7-9-19(26-16)17-11-14(17)2/h4-7,9,14,17H,8,10-12H2,1-3H3,(H,22,24)(H,23,25)/t14-,17-/m1/s1. The lowest BCUT2D eigenvalue weighted by atomic mass is 10.1. The third kappa shape index (κ3) is 4.54. The van der Waals surface area contributed by atoms with Crippen LogP contribution in [0.4, 0.5) is 5.69 Å². The van der Waals surface area contributed by atoms with Gasteiger partial charge >= 0.3 is 0 Å². The average molecular weight is 354 g/mol. The first-order chi connectivity index (χ1) is 12.4. The van der Waals surface area contributed by atoms with Crippen molar-refractivity contribution in [2.45, 2.75) is 46.0 Å². The van der Waals surface area contributed by atoms with Crippen LogP contribution in [0, 0.1) is 19.8 Å². The van der Waals surface area contributed by atoms with Crippen LogP contribution in [0.25, 0.3) is 0 Å². The van der Waals surface area contributed by atoms with Crippen LogP contribution in [0.15, 0.2) is 34.7 Å². The van der Waals surface area contributed by atoms with Crippen molar-refractivity contribution in [3.05, 3.63) is 53.0 Å². The van der Waals surface area contributed by atoms with Crippen molar-refractivity contribution < 1.29 is 14.0 Å². The maximum Gasteiger partial charge on any atom is 0.243 e. The predicted molar refractivity (Wildman–Crippen MR) is 101 cm³/mol. The van der Waals surface area contributed by atoms with E-state index in [1.165, 1.54) is 6.42 Å². The molecule has 0 aliphatic heterocycles. The number of furan rings is 1. The first-order valence-corrected chi connectivity index (χ1v) is 9.15. The second kappa shape index (κ2) is 7.77. The molecule has 1 fully saturated rings. The number of anilines is 1. The third-order valence-electron chi connectivity index (χ3n) is 5.08. The summed E-state index contributed by atoms with van der Waals surface area (Å²) in [6.45, 7) is 6.14. The molecule has 0 spiro atoms. The van der Waals surface area contributed by atoms with Crippen LogP contribution >= 0.6 is 0 Å². The molecule has 138 valence electrons. The van der Waals surface area contributed by atoms with Gasteiger partial charge in [0.1, 0.15) is 11.5 Å². The highest BCUT2D eigenvalue weighted by molar-refractivity contribution is 5.95. The molecule has 5 nitrogen and oxygen atoms in total. The molecule has 2 aromatic rings. The summed E-state index contributed by atoms with van der Waals surface area (Å²) in [4.78, 5) is 24.0. The van der Waals surface area contributed by atoms with Gasteiger partial charge in [-0.1, -0.05) is 19.1 Å². The minimum absolute atomic E-state index is 0.0325. The number of carbonyl (C=O) groups is 2. The Balaban J connectivity index is 1.40. The largest absolute Gasteiger partial charge is 0.466 e. The van der Waals surface area contributed by atoms with Crippen molar-refractivity contribution in [3.8, 4) is 0 Å². The smallest absolute Gasteiger partial charge is 0.243 e. The van der Waals surface area contributed by atoms with Gasteiger partial charge in [0, 0.05) is 24.4 Å². The SMILES string of the molecule is Cc1cccc(NC(=O)CNC(=O)CCc2ccc([C@@H]3C[C@H]3C)o2)c1C. The monoisotopic (exact) mass is 354 g/mol. The molecular weight excluding hydrogens is 328 g/mol. The Morgan fingerprint density at radius 3 is 2.65 bits per heavy atom. The summed E-state index contributed by atoms with van der Waals surface area (Å²) >= 11 is 0. The zero-order chi connectivity index (χ0) is 18.7. The van der Waals surface area contributed by atoms with E-state index in [0.717, 1.165) is 28.3 Å². The van der Waals surface area contributed by atoms with Crippen LogP contribution in [0.3, 0.4) is 0 Å². The molecule has 0 radical (unpaired) electrons. The fourth-order valence-corrected chi connectivity index (χ4v) is 3.03. The van der Waals surface area contributed by atoms with Crippen LogP contribution in [0.2, 0.25) is 0 Å². The quantitative estimate of drug-likeness (QED) is 0.796. The molecule has 0 bridgehead atoms. The number of nitrogens with one attached hydrogen (secondary N) is 2. The van der Waals surface area contributed by atoms with Crippen molar-refractivity contribution >= 4 is 17.5 Å². The number of hydrogen-bond donors (Lipinski definition) is 2. The number of amides is 2. The van der Waals surface area contributed by atoms with E-state index in [2.05, 4.69) is 17.6 Å². The lowest BCUT2D eigenvalue weighted by Crippen LogP contribution is -2.33. The molecule has 1 aromatic heterocycles. The molecule has 3 rings (SSSR count). The second-order valence-corrected chi connectivity index (χ2v) is 7.20. The van der Waals surface area contributed by atoms with E-state index in [0.29, 0.717) is 24.7 Å². The molecule has 1 saturated carbocycles. The zero-order valence-electron chi connectivity index (χ0n) is 15.6. The topological polar surface area (TPSA) is 71.3 Å². The molecule has 1 aromatic carbocycles. The number of carbonyl (C=O) groups excluding carboxylic acids is 2. The Kier molecular flexibility index (Phi) is 5.45. The summed E-state index contributed by atoms with van der Waals surface area (Å²) in [5, 5.41) is 5.50. The predicted octanol–water partition coefficient (Wildman–Crippen LogP) is 3.71. The molecule has 2 atom stereocenters. The molecule has 0 unspecified atom stereocenters. The van der Waals surface area contributed by atoms with Gasteiger partial charge in [0.05, 0.1) is 6.54 Å². The Hall–Kier alpha value is -2.56. The van der Waals surface area contributed by atoms with E-state index in [9.17, 15) is 9.59 Å². The summed E-state index contributed by atoms with van der Waals surface area (Å²) in [7, 11) is 0. The number of rotatable bonds is 7. The van der Waals surface area contributed by atoms with Crippen molar-refractivity contribution in [2.75, 3.05) is 11.9 Å². The van der Waals surface area contributed by atoms with Crippen LogP contribution in [-0.4, -0.2) is 18.4 Å². The number of aryl methyl sites for hydroxylation is 2. The number of benzene rings is 1. The molecule has 2 amide bonds. The summed E-state index contributed by atoms with van der Waals surface area (Å²) in [5.41, 5.74) is 2.93. The molecular formula is C21H26N2O3. The van der Waals surface area contributed by atoms with Gasteiger partial charge in [-0.2, -0.15) is 0 Å². The maximum absolute atomic E-state index is 12.0. The van der Waals surface area contributed by atoms with Gasteiger partial charge in [0.2, 0.25) is 11.8 Å². The van der Waals surface area contributed by atoms with Crippen LogP contribution in [-0.2, 0) is 16.0 Å². The van der Waals surface area contributed by atoms with Gasteiger partial charge in [0.25, 0.3) is 0 Å². The summed E-state index contributed by atoms with van der Waals surface area (Å²) < 4.78 is 5.80. The van der Waals surface area contributed by atoms with Crippen LogP contribution in [0.5, 0.6) is 0 Å². The fraction of sp³-hybridized carbons (Fsp3) is 0.429. The first kappa shape index (κ1) is 18.2.